The maximum atomic E-state index is 4.85. The first-order chi connectivity index (χ1) is 11.2. The van der Waals surface area contributed by atoms with E-state index in [4.69, 9.17) is 4.52 Å². The Labute approximate surface area is 171 Å². The van der Waals surface area contributed by atoms with Gasteiger partial charge in [0.2, 0.25) is 0 Å². The Balaban J connectivity index is 0.00000208. The molecule has 1 saturated heterocycles. The normalized spacial score (nSPS) is 16.1. The molecule has 1 fully saturated rings. The van der Waals surface area contributed by atoms with E-state index in [0.717, 1.165) is 44.4 Å². The molecule has 1 aliphatic rings. The fourth-order valence-electron chi connectivity index (χ4n) is 2.61. The predicted octanol–water partition coefficient (Wildman–Crippen LogP) is 3.01. The first-order valence-corrected chi connectivity index (χ1v) is 9.17. The minimum atomic E-state index is 0. The molecule has 0 aliphatic carbocycles. The van der Waals surface area contributed by atoms with Crippen molar-refractivity contribution in [2.75, 3.05) is 33.2 Å². The predicted molar refractivity (Wildman–Crippen MR) is 111 cm³/mol. The van der Waals surface area contributed by atoms with Crippen molar-refractivity contribution in [3.05, 3.63) is 38.8 Å². The molecule has 1 aliphatic heterocycles. The quantitative estimate of drug-likeness (QED) is 0.378. The van der Waals surface area contributed by atoms with Gasteiger partial charge in [-0.2, -0.15) is 0 Å². The van der Waals surface area contributed by atoms with Crippen molar-refractivity contribution < 1.29 is 4.52 Å². The summed E-state index contributed by atoms with van der Waals surface area (Å²) in [7, 11) is 1.82. The number of aliphatic imine (C=N–C) groups is 1. The summed E-state index contributed by atoms with van der Waals surface area (Å²) in [6.07, 6.45) is 1.58. The van der Waals surface area contributed by atoms with E-state index in [1.165, 1.54) is 8.66 Å². The molecule has 0 aromatic carbocycles. The average molecular weight is 526 g/mol. The van der Waals surface area contributed by atoms with E-state index in [1.54, 1.807) is 6.26 Å². The summed E-state index contributed by atoms with van der Waals surface area (Å²) in [5.41, 5.74) is 0.882. The van der Waals surface area contributed by atoms with Gasteiger partial charge in [-0.05, 0) is 28.1 Å². The van der Waals surface area contributed by atoms with Crippen molar-refractivity contribution in [1.29, 1.82) is 0 Å². The summed E-state index contributed by atoms with van der Waals surface area (Å²) >= 11 is 5.33. The molecule has 0 atom stereocenters. The van der Waals surface area contributed by atoms with Gasteiger partial charge in [0.05, 0.1) is 10.3 Å². The van der Waals surface area contributed by atoms with Crippen molar-refractivity contribution in [3.63, 3.8) is 0 Å². The van der Waals surface area contributed by atoms with Crippen LogP contribution in [0.4, 0.5) is 0 Å². The Hall–Kier alpha value is -0.650. The third-order valence-electron chi connectivity index (χ3n) is 3.81. The maximum absolute atomic E-state index is 4.85. The summed E-state index contributed by atoms with van der Waals surface area (Å²) in [6.45, 7) is 5.69. The van der Waals surface area contributed by atoms with E-state index in [1.807, 2.05) is 24.5 Å². The van der Waals surface area contributed by atoms with E-state index in [-0.39, 0.29) is 24.0 Å². The standard InChI is InChI=1S/C15H20BrN5OS.HI/c1-17-15(18-10-12-4-9-22-19-12)21-7-5-20(6-8-21)11-13-2-3-14(16)23-13;/h2-4,9H,5-8,10-11H2,1H3,(H,17,18);1H. The van der Waals surface area contributed by atoms with Crippen molar-refractivity contribution >= 4 is 57.2 Å². The number of halogens is 2. The minimum Gasteiger partial charge on any atom is -0.364 e. The van der Waals surface area contributed by atoms with Gasteiger partial charge in [0.25, 0.3) is 0 Å². The molecule has 0 unspecified atom stereocenters. The van der Waals surface area contributed by atoms with Crippen LogP contribution in [0, 0.1) is 0 Å². The van der Waals surface area contributed by atoms with E-state index >= 15 is 0 Å². The first-order valence-electron chi connectivity index (χ1n) is 7.56. The van der Waals surface area contributed by atoms with Crippen molar-refractivity contribution in [1.82, 2.24) is 20.3 Å². The summed E-state index contributed by atoms with van der Waals surface area (Å²) < 4.78 is 6.04. The molecule has 132 valence electrons. The van der Waals surface area contributed by atoms with Gasteiger partial charge < -0.3 is 14.7 Å². The van der Waals surface area contributed by atoms with Crippen LogP contribution in [0.5, 0.6) is 0 Å². The van der Waals surface area contributed by atoms with Gasteiger partial charge in [-0.25, -0.2) is 0 Å². The van der Waals surface area contributed by atoms with Crippen LogP contribution in [0.3, 0.4) is 0 Å². The Bertz CT molecular complexity index is 640. The molecule has 2 aromatic rings. The van der Waals surface area contributed by atoms with Crippen LogP contribution in [-0.4, -0.2) is 54.1 Å². The van der Waals surface area contributed by atoms with Gasteiger partial charge in [-0.3, -0.25) is 9.89 Å². The van der Waals surface area contributed by atoms with E-state index < -0.39 is 0 Å². The Kier molecular flexibility index (Phi) is 7.98. The zero-order valence-corrected chi connectivity index (χ0v) is 18.2. The molecule has 0 saturated carbocycles. The van der Waals surface area contributed by atoms with E-state index in [9.17, 15) is 0 Å². The second kappa shape index (κ2) is 9.73. The highest BCUT2D eigenvalue weighted by molar-refractivity contribution is 14.0. The van der Waals surface area contributed by atoms with Crippen molar-refractivity contribution in [3.8, 4) is 0 Å². The second-order valence-corrected chi connectivity index (χ2v) is 7.91. The largest absolute Gasteiger partial charge is 0.364 e. The number of rotatable bonds is 4. The fraction of sp³-hybridized carbons (Fsp3) is 0.467. The number of hydrogen-bond acceptors (Lipinski definition) is 5. The van der Waals surface area contributed by atoms with Gasteiger partial charge in [0, 0.05) is 50.7 Å². The first kappa shape index (κ1) is 19.7. The molecule has 0 spiro atoms. The summed E-state index contributed by atoms with van der Waals surface area (Å²) in [4.78, 5) is 10.6. The molecule has 24 heavy (non-hydrogen) atoms. The number of piperazine rings is 1. The summed E-state index contributed by atoms with van der Waals surface area (Å²) in [6, 6.07) is 6.17. The van der Waals surface area contributed by atoms with Crippen LogP contribution < -0.4 is 5.32 Å². The summed E-state index contributed by atoms with van der Waals surface area (Å²) in [5.74, 6) is 0.923. The Morgan fingerprint density at radius 2 is 2.12 bits per heavy atom. The molecule has 9 heteroatoms. The third kappa shape index (κ3) is 5.43. The highest BCUT2D eigenvalue weighted by Crippen LogP contribution is 2.23. The lowest BCUT2D eigenvalue weighted by Crippen LogP contribution is -2.52. The summed E-state index contributed by atoms with van der Waals surface area (Å²) in [5, 5.41) is 7.25. The lowest BCUT2D eigenvalue weighted by atomic mass is 10.3. The van der Waals surface area contributed by atoms with Gasteiger partial charge in [-0.15, -0.1) is 35.3 Å². The molecule has 0 bridgehead atoms. The van der Waals surface area contributed by atoms with E-state index in [0.29, 0.717) is 6.54 Å². The van der Waals surface area contributed by atoms with Crippen LogP contribution in [0.2, 0.25) is 0 Å². The smallest absolute Gasteiger partial charge is 0.194 e. The molecule has 1 N–H and O–H groups in total. The number of thiophene rings is 1. The zero-order valence-electron chi connectivity index (χ0n) is 13.4. The highest BCUT2D eigenvalue weighted by Gasteiger charge is 2.20. The SMILES string of the molecule is CN=C(NCc1ccon1)N1CCN(Cc2ccc(Br)s2)CC1.I. The van der Waals surface area contributed by atoms with Crippen LogP contribution in [0.15, 0.2) is 37.8 Å². The van der Waals surface area contributed by atoms with Crippen molar-refractivity contribution in [2.45, 2.75) is 13.1 Å². The van der Waals surface area contributed by atoms with Gasteiger partial charge in [0.15, 0.2) is 5.96 Å². The molecular formula is C15H21BrIN5OS. The van der Waals surface area contributed by atoms with Crippen LogP contribution >= 0.6 is 51.2 Å². The molecule has 6 nitrogen and oxygen atoms in total. The zero-order chi connectivity index (χ0) is 16.1. The lowest BCUT2D eigenvalue weighted by Gasteiger charge is -2.36. The monoisotopic (exact) mass is 525 g/mol. The lowest BCUT2D eigenvalue weighted by molar-refractivity contribution is 0.173. The van der Waals surface area contributed by atoms with Crippen LogP contribution in [0.1, 0.15) is 10.6 Å². The average Bonchev–Trinajstić information content (AvgIpc) is 3.21. The van der Waals surface area contributed by atoms with E-state index in [2.05, 4.69) is 53.3 Å². The number of hydrogen-bond donors (Lipinski definition) is 1. The number of guanidine groups is 1. The minimum absolute atomic E-state index is 0. The third-order valence-corrected chi connectivity index (χ3v) is 5.42. The van der Waals surface area contributed by atoms with Crippen LogP contribution in [-0.2, 0) is 13.1 Å². The van der Waals surface area contributed by atoms with Gasteiger partial charge >= 0.3 is 0 Å². The second-order valence-electron chi connectivity index (χ2n) is 5.36. The van der Waals surface area contributed by atoms with Gasteiger partial charge in [-0.1, -0.05) is 5.16 Å². The molecule has 3 rings (SSSR count). The number of aromatic nitrogens is 1. The van der Waals surface area contributed by atoms with Crippen LogP contribution in [0.25, 0.3) is 0 Å². The Morgan fingerprint density at radius 1 is 1.33 bits per heavy atom. The van der Waals surface area contributed by atoms with Crippen molar-refractivity contribution in [2.24, 2.45) is 4.99 Å². The molecule has 2 aromatic heterocycles. The number of nitrogens with zero attached hydrogens (tertiary/aromatic N) is 4. The van der Waals surface area contributed by atoms with Gasteiger partial charge in [0.1, 0.15) is 12.0 Å². The molecule has 3 heterocycles. The molecular weight excluding hydrogens is 505 g/mol. The fourth-order valence-corrected chi connectivity index (χ4v) is 4.13. The topological polar surface area (TPSA) is 56.9 Å². The Morgan fingerprint density at radius 3 is 2.71 bits per heavy atom. The maximum Gasteiger partial charge on any atom is 0.194 e. The molecule has 0 radical (unpaired) electrons. The number of nitrogens with one attached hydrogen (secondary N) is 1. The highest BCUT2D eigenvalue weighted by atomic mass is 127. The molecule has 0 amide bonds.